The fourth-order valence-corrected chi connectivity index (χ4v) is 1.43. The summed E-state index contributed by atoms with van der Waals surface area (Å²) < 4.78 is 16.1. The van der Waals surface area contributed by atoms with Gasteiger partial charge < -0.3 is 14.2 Å². The first-order valence-corrected chi connectivity index (χ1v) is 5.16. The van der Waals surface area contributed by atoms with Gasteiger partial charge in [0.05, 0.1) is 13.2 Å². The predicted octanol–water partition coefficient (Wildman–Crippen LogP) is 1.48. The van der Waals surface area contributed by atoms with Gasteiger partial charge in [-0.05, 0) is 6.92 Å². The van der Waals surface area contributed by atoms with Crippen molar-refractivity contribution >= 4 is 5.78 Å². The van der Waals surface area contributed by atoms with Crippen molar-refractivity contribution < 1.29 is 19.0 Å². The fraction of sp³-hybridized carbons (Fsp3) is 0.900. The van der Waals surface area contributed by atoms with Crippen molar-refractivity contribution in [3.8, 4) is 0 Å². The highest BCUT2D eigenvalue weighted by atomic mass is 16.9. The van der Waals surface area contributed by atoms with Crippen molar-refractivity contribution in [1.29, 1.82) is 0 Å². The lowest BCUT2D eigenvalue weighted by molar-refractivity contribution is -0.332. The van der Waals surface area contributed by atoms with E-state index < -0.39 is 5.97 Å². The van der Waals surface area contributed by atoms with E-state index in [0.29, 0.717) is 39.1 Å². The smallest absolute Gasteiger partial charge is 0.283 e. The molecule has 82 valence electrons. The molecule has 0 N–H and O–H groups in total. The Morgan fingerprint density at radius 3 is 2.50 bits per heavy atom. The maximum absolute atomic E-state index is 11.1. The van der Waals surface area contributed by atoms with Gasteiger partial charge in [0, 0.05) is 25.9 Å². The van der Waals surface area contributed by atoms with Crippen LogP contribution in [0.5, 0.6) is 0 Å². The number of ether oxygens (including phenoxy) is 3. The molecular weight excluding hydrogens is 184 g/mol. The van der Waals surface area contributed by atoms with E-state index in [4.69, 9.17) is 14.2 Å². The topological polar surface area (TPSA) is 44.8 Å². The number of ketones is 1. The van der Waals surface area contributed by atoms with Gasteiger partial charge in [-0.25, -0.2) is 0 Å². The van der Waals surface area contributed by atoms with Crippen LogP contribution in [-0.2, 0) is 19.0 Å². The first-order valence-electron chi connectivity index (χ1n) is 5.16. The zero-order valence-corrected chi connectivity index (χ0v) is 8.88. The molecule has 0 unspecified atom stereocenters. The second kappa shape index (κ2) is 5.44. The summed E-state index contributed by atoms with van der Waals surface area (Å²) >= 11 is 0. The minimum Gasteiger partial charge on any atom is -0.328 e. The summed E-state index contributed by atoms with van der Waals surface area (Å²) in [6, 6.07) is 0. The monoisotopic (exact) mass is 202 g/mol. The highest BCUT2D eigenvalue weighted by Crippen LogP contribution is 2.26. The molecule has 1 fully saturated rings. The molecule has 4 heteroatoms. The SMILES string of the molecule is CCOC1(CCC(=O)CC)OCCO1. The quantitative estimate of drug-likeness (QED) is 0.654. The number of hydrogen-bond donors (Lipinski definition) is 0. The summed E-state index contributed by atoms with van der Waals surface area (Å²) in [6.45, 7) is 5.35. The van der Waals surface area contributed by atoms with Crippen LogP contribution in [0.15, 0.2) is 0 Å². The maximum Gasteiger partial charge on any atom is 0.283 e. The standard InChI is InChI=1S/C10H18O4/c1-3-9(11)5-6-10(12-4-2)13-7-8-14-10/h3-8H2,1-2H3. The maximum atomic E-state index is 11.1. The average molecular weight is 202 g/mol. The van der Waals surface area contributed by atoms with E-state index in [9.17, 15) is 4.79 Å². The highest BCUT2D eigenvalue weighted by Gasteiger charge is 2.37. The molecule has 14 heavy (non-hydrogen) atoms. The fourth-order valence-electron chi connectivity index (χ4n) is 1.43. The van der Waals surface area contributed by atoms with E-state index >= 15 is 0 Å². The molecule has 0 bridgehead atoms. The van der Waals surface area contributed by atoms with E-state index in [0.717, 1.165) is 0 Å². The summed E-state index contributed by atoms with van der Waals surface area (Å²) in [4.78, 5) is 11.1. The molecule has 0 spiro atoms. The van der Waals surface area contributed by atoms with Gasteiger partial charge >= 0.3 is 0 Å². The van der Waals surface area contributed by atoms with Gasteiger partial charge in [-0.2, -0.15) is 0 Å². The second-order valence-electron chi connectivity index (χ2n) is 3.21. The third-order valence-corrected chi connectivity index (χ3v) is 2.20. The molecule has 0 radical (unpaired) electrons. The van der Waals surface area contributed by atoms with Crippen LogP contribution in [0.4, 0.5) is 0 Å². The molecule has 0 saturated carbocycles. The Morgan fingerprint density at radius 2 is 2.00 bits per heavy atom. The van der Waals surface area contributed by atoms with E-state index in [-0.39, 0.29) is 5.78 Å². The third kappa shape index (κ3) is 3.04. The normalized spacial score (nSPS) is 19.9. The zero-order valence-electron chi connectivity index (χ0n) is 8.88. The van der Waals surface area contributed by atoms with Crippen LogP contribution in [0.2, 0.25) is 0 Å². The van der Waals surface area contributed by atoms with Gasteiger partial charge in [0.15, 0.2) is 0 Å². The van der Waals surface area contributed by atoms with Crippen LogP contribution in [0.1, 0.15) is 33.1 Å². The van der Waals surface area contributed by atoms with Crippen molar-refractivity contribution in [2.75, 3.05) is 19.8 Å². The van der Waals surface area contributed by atoms with Crippen LogP contribution >= 0.6 is 0 Å². The summed E-state index contributed by atoms with van der Waals surface area (Å²) in [5.74, 6) is -0.734. The molecule has 1 heterocycles. The van der Waals surface area contributed by atoms with Gasteiger partial charge in [0.25, 0.3) is 5.97 Å². The van der Waals surface area contributed by atoms with Crippen molar-refractivity contribution in [3.63, 3.8) is 0 Å². The van der Waals surface area contributed by atoms with Crippen LogP contribution in [-0.4, -0.2) is 31.6 Å². The van der Waals surface area contributed by atoms with Crippen LogP contribution in [0.3, 0.4) is 0 Å². The first kappa shape index (κ1) is 11.6. The van der Waals surface area contributed by atoms with E-state index in [1.165, 1.54) is 0 Å². The van der Waals surface area contributed by atoms with Gasteiger partial charge in [0.2, 0.25) is 0 Å². The number of rotatable bonds is 6. The Balaban J connectivity index is 2.39. The van der Waals surface area contributed by atoms with Crippen molar-refractivity contribution in [2.45, 2.75) is 39.1 Å². The summed E-state index contributed by atoms with van der Waals surface area (Å²) in [5, 5.41) is 0. The molecule has 0 aromatic rings. The Morgan fingerprint density at radius 1 is 1.36 bits per heavy atom. The minimum atomic E-state index is -0.945. The lowest BCUT2D eigenvalue weighted by atomic mass is 10.1. The number of hydrogen-bond acceptors (Lipinski definition) is 4. The highest BCUT2D eigenvalue weighted by molar-refractivity contribution is 5.77. The third-order valence-electron chi connectivity index (χ3n) is 2.20. The van der Waals surface area contributed by atoms with E-state index in [2.05, 4.69) is 0 Å². The van der Waals surface area contributed by atoms with Gasteiger partial charge in [-0.1, -0.05) is 6.92 Å². The average Bonchev–Trinajstić information content (AvgIpc) is 2.64. The Bertz CT molecular complexity index is 185. The Hall–Kier alpha value is -0.450. The second-order valence-corrected chi connectivity index (χ2v) is 3.21. The zero-order chi connectivity index (χ0) is 10.4. The molecule has 1 aliphatic rings. The largest absolute Gasteiger partial charge is 0.328 e. The molecule has 0 aliphatic carbocycles. The molecule has 1 rings (SSSR count). The summed E-state index contributed by atoms with van der Waals surface area (Å²) in [7, 11) is 0. The molecule has 0 aromatic carbocycles. The molecule has 1 saturated heterocycles. The van der Waals surface area contributed by atoms with Crippen LogP contribution in [0.25, 0.3) is 0 Å². The lowest BCUT2D eigenvalue weighted by Crippen LogP contribution is -2.34. The molecule has 1 aliphatic heterocycles. The van der Waals surface area contributed by atoms with Gasteiger partial charge in [0.1, 0.15) is 5.78 Å². The van der Waals surface area contributed by atoms with Crippen molar-refractivity contribution in [2.24, 2.45) is 0 Å². The van der Waals surface area contributed by atoms with Crippen molar-refractivity contribution in [1.82, 2.24) is 0 Å². The number of carbonyl (C=O) groups excluding carboxylic acids is 1. The van der Waals surface area contributed by atoms with Gasteiger partial charge in [-0.3, -0.25) is 4.79 Å². The number of Topliss-reactive ketones (excluding diaryl/α,β-unsaturated/α-hetero) is 1. The number of carbonyl (C=O) groups is 1. The van der Waals surface area contributed by atoms with E-state index in [1.54, 1.807) is 0 Å². The minimum absolute atomic E-state index is 0.211. The summed E-state index contributed by atoms with van der Waals surface area (Å²) in [5.41, 5.74) is 0. The summed E-state index contributed by atoms with van der Waals surface area (Å²) in [6.07, 6.45) is 1.51. The van der Waals surface area contributed by atoms with E-state index in [1.807, 2.05) is 13.8 Å². The predicted molar refractivity (Wildman–Crippen MR) is 50.8 cm³/mol. The molecule has 0 amide bonds. The lowest BCUT2D eigenvalue weighted by Gasteiger charge is -2.26. The van der Waals surface area contributed by atoms with Crippen molar-refractivity contribution in [3.05, 3.63) is 0 Å². The molecule has 0 atom stereocenters. The van der Waals surface area contributed by atoms with Crippen LogP contribution < -0.4 is 0 Å². The Labute approximate surface area is 84.5 Å². The molecule has 0 aromatic heterocycles. The Kier molecular flexibility index (Phi) is 4.51. The molecular formula is C10H18O4. The first-order chi connectivity index (χ1) is 6.72. The van der Waals surface area contributed by atoms with Gasteiger partial charge in [-0.15, -0.1) is 0 Å². The molecule has 4 nitrogen and oxygen atoms in total. The van der Waals surface area contributed by atoms with Crippen LogP contribution in [0, 0.1) is 0 Å².